The number of nitrogens with one attached hydrogen (secondary N) is 1. The first-order valence-corrected chi connectivity index (χ1v) is 10.7. The minimum absolute atomic E-state index is 0.0610. The zero-order chi connectivity index (χ0) is 21.1. The molecule has 1 aliphatic heterocycles. The number of fused-ring (bicyclic) bond motifs is 1. The third kappa shape index (κ3) is 4.31. The lowest BCUT2D eigenvalue weighted by Gasteiger charge is -2.26. The van der Waals surface area contributed by atoms with Gasteiger partial charge in [-0.3, -0.25) is 4.79 Å². The molecule has 5 heteroatoms. The number of amides is 1. The Balaban J connectivity index is 1.60. The summed E-state index contributed by atoms with van der Waals surface area (Å²) in [5.41, 5.74) is 4.03. The molecule has 1 aromatic heterocycles. The number of aromatic nitrogens is 1. The van der Waals surface area contributed by atoms with Crippen molar-refractivity contribution < 1.29 is 4.79 Å². The second-order valence-corrected chi connectivity index (χ2v) is 8.35. The molecule has 0 bridgehead atoms. The van der Waals surface area contributed by atoms with Crippen LogP contribution in [0.2, 0.25) is 0 Å². The minimum Gasteiger partial charge on any atom is -0.356 e. The molecule has 1 unspecified atom stereocenters. The van der Waals surface area contributed by atoms with Crippen LogP contribution in [0.15, 0.2) is 54.6 Å². The van der Waals surface area contributed by atoms with Gasteiger partial charge in [-0.1, -0.05) is 48.0 Å². The summed E-state index contributed by atoms with van der Waals surface area (Å²) in [6, 6.07) is 18.6. The number of benzene rings is 2. The number of nitrogens with zero attached hydrogens (tertiary/aromatic N) is 3. The molecular formula is C25H30N4O. The van der Waals surface area contributed by atoms with Crippen LogP contribution in [0.4, 0.5) is 5.82 Å². The molecule has 4 rings (SSSR count). The van der Waals surface area contributed by atoms with E-state index in [-0.39, 0.29) is 11.9 Å². The van der Waals surface area contributed by atoms with E-state index in [1.54, 1.807) is 0 Å². The topological polar surface area (TPSA) is 48.5 Å². The summed E-state index contributed by atoms with van der Waals surface area (Å²) in [5, 5.41) is 4.17. The first-order chi connectivity index (χ1) is 14.5. The molecule has 1 saturated heterocycles. The molecule has 5 nitrogen and oxygen atoms in total. The number of rotatable bonds is 6. The van der Waals surface area contributed by atoms with E-state index in [0.29, 0.717) is 12.1 Å². The van der Waals surface area contributed by atoms with Crippen LogP contribution in [0.1, 0.15) is 40.4 Å². The average Bonchev–Trinajstić information content (AvgIpc) is 3.28. The van der Waals surface area contributed by atoms with Gasteiger partial charge in [-0.05, 0) is 51.6 Å². The largest absolute Gasteiger partial charge is 0.356 e. The number of carbonyl (C=O) groups is 1. The second kappa shape index (κ2) is 8.84. The summed E-state index contributed by atoms with van der Waals surface area (Å²) in [7, 11) is 4.09. The third-order valence-corrected chi connectivity index (χ3v) is 5.90. The van der Waals surface area contributed by atoms with Gasteiger partial charge in [0.05, 0.1) is 17.1 Å². The molecule has 0 saturated carbocycles. The maximum atomic E-state index is 13.3. The van der Waals surface area contributed by atoms with Gasteiger partial charge in [-0.15, -0.1) is 0 Å². The summed E-state index contributed by atoms with van der Waals surface area (Å²) >= 11 is 0. The molecule has 3 aromatic rings. The third-order valence-electron chi connectivity index (χ3n) is 5.90. The van der Waals surface area contributed by atoms with Gasteiger partial charge in [-0.2, -0.15) is 0 Å². The number of aryl methyl sites for hydroxylation is 1. The molecule has 156 valence electrons. The van der Waals surface area contributed by atoms with Gasteiger partial charge in [0.1, 0.15) is 5.82 Å². The maximum absolute atomic E-state index is 13.3. The standard InChI is InChI=1S/C25H30N4O/c1-18-10-12-19(13-11-18)23(28(2)3)17-26-25(30)21-16-20-8-4-5-9-22(20)27-24(21)29-14-6-7-15-29/h4-5,8-13,16,23H,6-7,14-15,17H2,1-3H3,(H,26,30). The number of likely N-dealkylation sites (N-methyl/N-ethyl adjacent to an activating group) is 1. The minimum atomic E-state index is -0.0610. The van der Waals surface area contributed by atoms with Crippen molar-refractivity contribution in [2.75, 3.05) is 38.6 Å². The molecule has 1 aliphatic rings. The van der Waals surface area contributed by atoms with E-state index in [1.165, 1.54) is 11.1 Å². The first kappa shape index (κ1) is 20.4. The fourth-order valence-electron chi connectivity index (χ4n) is 4.11. The Bertz CT molecular complexity index is 1020. The molecule has 2 heterocycles. The van der Waals surface area contributed by atoms with Gasteiger partial charge in [-0.25, -0.2) is 4.98 Å². The molecule has 1 amide bonds. The van der Waals surface area contributed by atoms with Crippen molar-refractivity contribution in [2.24, 2.45) is 0 Å². The Morgan fingerprint density at radius 2 is 1.80 bits per heavy atom. The van der Waals surface area contributed by atoms with E-state index in [9.17, 15) is 4.79 Å². The van der Waals surface area contributed by atoms with Gasteiger partial charge in [0.15, 0.2) is 0 Å². The van der Waals surface area contributed by atoms with Crippen molar-refractivity contribution in [1.82, 2.24) is 15.2 Å². The number of hydrogen-bond donors (Lipinski definition) is 1. The fraction of sp³-hybridized carbons (Fsp3) is 0.360. The van der Waals surface area contributed by atoms with Crippen LogP contribution in [-0.4, -0.2) is 49.5 Å². The fourth-order valence-corrected chi connectivity index (χ4v) is 4.11. The Morgan fingerprint density at radius 1 is 1.10 bits per heavy atom. The van der Waals surface area contributed by atoms with Gasteiger partial charge in [0, 0.05) is 25.0 Å². The Kier molecular flexibility index (Phi) is 6.00. The van der Waals surface area contributed by atoms with E-state index in [4.69, 9.17) is 4.98 Å². The van der Waals surface area contributed by atoms with Gasteiger partial charge in [0.2, 0.25) is 0 Å². The van der Waals surface area contributed by atoms with Crippen LogP contribution in [0, 0.1) is 6.92 Å². The van der Waals surface area contributed by atoms with Crippen LogP contribution in [0.3, 0.4) is 0 Å². The van der Waals surface area contributed by atoms with Crippen LogP contribution in [-0.2, 0) is 0 Å². The highest BCUT2D eigenvalue weighted by atomic mass is 16.1. The monoisotopic (exact) mass is 402 g/mol. The van der Waals surface area contributed by atoms with Crippen molar-refractivity contribution in [1.29, 1.82) is 0 Å². The predicted octanol–water partition coefficient (Wildman–Crippen LogP) is 4.18. The lowest BCUT2D eigenvalue weighted by molar-refractivity contribution is 0.0942. The Labute approximate surface area is 178 Å². The normalized spacial score (nSPS) is 15.0. The number of para-hydroxylation sites is 1. The van der Waals surface area contributed by atoms with E-state index in [2.05, 4.69) is 46.3 Å². The van der Waals surface area contributed by atoms with E-state index in [1.807, 2.05) is 44.4 Å². The smallest absolute Gasteiger partial charge is 0.255 e. The molecule has 0 spiro atoms. The van der Waals surface area contributed by atoms with Crippen LogP contribution in [0.5, 0.6) is 0 Å². The molecule has 0 radical (unpaired) electrons. The Hall–Kier alpha value is -2.92. The van der Waals surface area contributed by atoms with Crippen LogP contribution >= 0.6 is 0 Å². The highest BCUT2D eigenvalue weighted by molar-refractivity contribution is 6.02. The quantitative estimate of drug-likeness (QED) is 0.672. The van der Waals surface area contributed by atoms with Crippen LogP contribution in [0.25, 0.3) is 10.9 Å². The van der Waals surface area contributed by atoms with Crippen molar-refractivity contribution in [2.45, 2.75) is 25.8 Å². The predicted molar refractivity (Wildman–Crippen MR) is 123 cm³/mol. The molecule has 1 atom stereocenters. The van der Waals surface area contributed by atoms with E-state index < -0.39 is 0 Å². The first-order valence-electron chi connectivity index (χ1n) is 10.7. The molecular weight excluding hydrogens is 372 g/mol. The van der Waals surface area contributed by atoms with Crippen molar-refractivity contribution in [3.05, 3.63) is 71.3 Å². The summed E-state index contributed by atoms with van der Waals surface area (Å²) in [4.78, 5) is 22.5. The van der Waals surface area contributed by atoms with E-state index in [0.717, 1.165) is 42.7 Å². The molecule has 30 heavy (non-hydrogen) atoms. The van der Waals surface area contributed by atoms with Crippen molar-refractivity contribution >= 4 is 22.6 Å². The number of hydrogen-bond acceptors (Lipinski definition) is 4. The molecule has 2 aromatic carbocycles. The molecule has 1 fully saturated rings. The Morgan fingerprint density at radius 3 is 2.50 bits per heavy atom. The molecule has 1 N–H and O–H groups in total. The summed E-state index contributed by atoms with van der Waals surface area (Å²) in [5.74, 6) is 0.745. The van der Waals surface area contributed by atoms with Gasteiger partial charge >= 0.3 is 0 Å². The highest BCUT2D eigenvalue weighted by Crippen LogP contribution is 2.27. The lowest BCUT2D eigenvalue weighted by Crippen LogP contribution is -2.35. The van der Waals surface area contributed by atoms with E-state index >= 15 is 0 Å². The summed E-state index contributed by atoms with van der Waals surface area (Å²) < 4.78 is 0. The van der Waals surface area contributed by atoms with Gasteiger partial charge < -0.3 is 15.1 Å². The summed E-state index contributed by atoms with van der Waals surface area (Å²) in [6.45, 7) is 4.54. The highest BCUT2D eigenvalue weighted by Gasteiger charge is 2.23. The van der Waals surface area contributed by atoms with Crippen LogP contribution < -0.4 is 10.2 Å². The number of pyridine rings is 1. The average molecular weight is 403 g/mol. The summed E-state index contributed by atoms with van der Waals surface area (Å²) in [6.07, 6.45) is 2.29. The zero-order valence-corrected chi connectivity index (χ0v) is 18.1. The van der Waals surface area contributed by atoms with Crippen molar-refractivity contribution in [3.8, 4) is 0 Å². The lowest BCUT2D eigenvalue weighted by atomic mass is 10.0. The number of carbonyl (C=O) groups excluding carboxylic acids is 1. The van der Waals surface area contributed by atoms with Gasteiger partial charge in [0.25, 0.3) is 5.91 Å². The van der Waals surface area contributed by atoms with Crippen molar-refractivity contribution in [3.63, 3.8) is 0 Å². The SMILES string of the molecule is Cc1ccc(C(CNC(=O)c2cc3ccccc3nc2N2CCCC2)N(C)C)cc1. The maximum Gasteiger partial charge on any atom is 0.255 e. The molecule has 0 aliphatic carbocycles. The second-order valence-electron chi connectivity index (χ2n) is 8.35. The zero-order valence-electron chi connectivity index (χ0n) is 18.1. The number of anilines is 1.